The Morgan fingerprint density at radius 3 is 2.51 bits per heavy atom. The third kappa shape index (κ3) is 9.09. The molecule has 3 rings (SSSR count). The fourth-order valence-corrected chi connectivity index (χ4v) is 3.27. The van der Waals surface area contributed by atoms with Gasteiger partial charge in [-0.05, 0) is 36.1 Å². The van der Waals surface area contributed by atoms with Gasteiger partial charge in [0.25, 0.3) is 0 Å². The Hall–Kier alpha value is -3.92. The number of guanidine groups is 1. The van der Waals surface area contributed by atoms with E-state index >= 15 is 0 Å². The first kappa shape index (κ1) is 25.7. The fraction of sp³-hybridized carbons (Fsp3) is 0.360. The van der Waals surface area contributed by atoms with Gasteiger partial charge in [-0.2, -0.15) is 0 Å². The number of hydrogen-bond donors (Lipinski definition) is 4. The summed E-state index contributed by atoms with van der Waals surface area (Å²) in [5.74, 6) is -0.0563. The number of amides is 2. The van der Waals surface area contributed by atoms with Crippen molar-refractivity contribution >= 4 is 23.9 Å². The van der Waals surface area contributed by atoms with Gasteiger partial charge in [-0.1, -0.05) is 42.5 Å². The molecule has 2 aromatic rings. The highest BCUT2D eigenvalue weighted by atomic mass is 16.6. The lowest BCUT2D eigenvalue weighted by Crippen LogP contribution is -2.43. The van der Waals surface area contributed by atoms with E-state index in [0.29, 0.717) is 18.9 Å². The van der Waals surface area contributed by atoms with Gasteiger partial charge in [0.05, 0.1) is 0 Å². The summed E-state index contributed by atoms with van der Waals surface area (Å²) >= 11 is 0. The van der Waals surface area contributed by atoms with Gasteiger partial charge < -0.3 is 25.2 Å². The molecule has 0 unspecified atom stereocenters. The summed E-state index contributed by atoms with van der Waals surface area (Å²) in [6.07, 6.45) is 0.938. The van der Waals surface area contributed by atoms with Crippen LogP contribution in [-0.2, 0) is 27.4 Å². The van der Waals surface area contributed by atoms with Crippen LogP contribution < -0.4 is 20.7 Å². The SMILES string of the molecule is O=C(CCc1ccc(OC(=O)[C@H](CCO)NC(=O)OCc2ccccc2)cc1)NC1=NCCCN1. The van der Waals surface area contributed by atoms with Crippen molar-refractivity contribution in [1.82, 2.24) is 16.0 Å². The number of carbonyl (C=O) groups excluding carboxylic acids is 3. The zero-order valence-corrected chi connectivity index (χ0v) is 19.4. The van der Waals surface area contributed by atoms with E-state index in [0.717, 1.165) is 24.1 Å². The minimum Gasteiger partial charge on any atom is -0.445 e. The van der Waals surface area contributed by atoms with Crippen molar-refractivity contribution in [3.8, 4) is 5.75 Å². The zero-order chi connectivity index (χ0) is 24.9. The van der Waals surface area contributed by atoms with E-state index in [9.17, 15) is 19.5 Å². The Morgan fingerprint density at radius 1 is 1.06 bits per heavy atom. The van der Waals surface area contributed by atoms with Gasteiger partial charge in [0.15, 0.2) is 5.96 Å². The van der Waals surface area contributed by atoms with Crippen LogP contribution in [0.15, 0.2) is 59.6 Å². The number of aliphatic imine (C=N–C) groups is 1. The predicted molar refractivity (Wildman–Crippen MR) is 129 cm³/mol. The number of esters is 1. The molecule has 4 N–H and O–H groups in total. The molecule has 1 aliphatic rings. The average Bonchev–Trinajstić information content (AvgIpc) is 2.88. The minimum atomic E-state index is -1.07. The molecule has 1 atom stereocenters. The molecule has 0 radical (unpaired) electrons. The molecule has 0 spiro atoms. The van der Waals surface area contributed by atoms with E-state index in [1.54, 1.807) is 24.3 Å². The van der Waals surface area contributed by atoms with E-state index in [4.69, 9.17) is 9.47 Å². The topological polar surface area (TPSA) is 138 Å². The van der Waals surface area contributed by atoms with Gasteiger partial charge in [0.2, 0.25) is 5.91 Å². The second-order valence-electron chi connectivity index (χ2n) is 7.89. The number of aryl methyl sites for hydroxylation is 1. The first-order valence-corrected chi connectivity index (χ1v) is 11.5. The number of hydrogen-bond acceptors (Lipinski definition) is 8. The van der Waals surface area contributed by atoms with Crippen LogP contribution in [0.1, 0.15) is 30.4 Å². The third-order valence-corrected chi connectivity index (χ3v) is 5.14. The fourth-order valence-electron chi connectivity index (χ4n) is 3.27. The minimum absolute atomic E-state index is 0.0212. The Kier molecular flexibility index (Phi) is 10.1. The molecule has 186 valence electrons. The van der Waals surface area contributed by atoms with E-state index in [-0.39, 0.29) is 37.7 Å². The van der Waals surface area contributed by atoms with E-state index < -0.39 is 18.1 Å². The van der Waals surface area contributed by atoms with Crippen LogP contribution in [0.4, 0.5) is 4.79 Å². The molecule has 2 amide bonds. The van der Waals surface area contributed by atoms with Gasteiger partial charge in [0, 0.05) is 32.5 Å². The summed E-state index contributed by atoms with van der Waals surface area (Å²) in [5, 5.41) is 17.5. The van der Waals surface area contributed by atoms with Crippen LogP contribution in [-0.4, -0.2) is 54.8 Å². The maximum atomic E-state index is 12.5. The Bertz CT molecular complexity index is 1010. The first-order chi connectivity index (χ1) is 17.0. The zero-order valence-electron chi connectivity index (χ0n) is 19.4. The number of ether oxygens (including phenoxy) is 2. The third-order valence-electron chi connectivity index (χ3n) is 5.14. The highest BCUT2D eigenvalue weighted by Gasteiger charge is 2.23. The summed E-state index contributed by atoms with van der Waals surface area (Å²) in [6, 6.07) is 14.8. The van der Waals surface area contributed by atoms with Crippen LogP contribution in [0.2, 0.25) is 0 Å². The van der Waals surface area contributed by atoms with Gasteiger partial charge in [-0.15, -0.1) is 0 Å². The lowest BCUT2D eigenvalue weighted by Gasteiger charge is -2.17. The highest BCUT2D eigenvalue weighted by molar-refractivity contribution is 5.97. The van der Waals surface area contributed by atoms with Crippen LogP contribution in [0.25, 0.3) is 0 Å². The summed E-state index contributed by atoms with van der Waals surface area (Å²) < 4.78 is 10.5. The Morgan fingerprint density at radius 2 is 1.83 bits per heavy atom. The Labute approximate surface area is 203 Å². The van der Waals surface area contributed by atoms with Crippen LogP contribution in [0.5, 0.6) is 5.75 Å². The molecule has 1 aliphatic heterocycles. The van der Waals surface area contributed by atoms with Crippen molar-refractivity contribution in [2.24, 2.45) is 4.99 Å². The molecule has 10 nitrogen and oxygen atoms in total. The standard InChI is InChI=1S/C25H30N4O6/c30-16-13-21(28-25(33)34-17-19-5-2-1-3-6-19)23(32)35-20-10-7-18(8-11-20)9-12-22(31)29-24-26-14-4-15-27-24/h1-3,5-8,10-11,21,30H,4,9,12-17H2,(H,28,33)(H2,26,27,29,31)/t21-/m0/s1. The maximum Gasteiger partial charge on any atom is 0.408 e. The molecular formula is C25H30N4O6. The number of nitrogens with zero attached hydrogens (tertiary/aromatic N) is 1. The molecule has 35 heavy (non-hydrogen) atoms. The molecule has 0 bridgehead atoms. The second kappa shape index (κ2) is 13.7. The number of rotatable bonds is 10. The largest absolute Gasteiger partial charge is 0.445 e. The van der Waals surface area contributed by atoms with Crippen molar-refractivity contribution in [3.05, 3.63) is 65.7 Å². The molecule has 10 heteroatoms. The first-order valence-electron chi connectivity index (χ1n) is 11.5. The number of nitrogens with one attached hydrogen (secondary N) is 3. The normalized spacial score (nSPS) is 13.6. The summed E-state index contributed by atoms with van der Waals surface area (Å²) in [6.45, 7) is 1.23. The number of carbonyl (C=O) groups is 3. The lowest BCUT2D eigenvalue weighted by atomic mass is 10.1. The van der Waals surface area contributed by atoms with E-state index in [1.807, 2.05) is 30.3 Å². The predicted octanol–water partition coefficient (Wildman–Crippen LogP) is 1.67. The molecule has 0 fully saturated rings. The smallest absolute Gasteiger partial charge is 0.408 e. The average molecular weight is 483 g/mol. The van der Waals surface area contributed by atoms with Gasteiger partial charge >= 0.3 is 12.1 Å². The molecule has 0 aromatic heterocycles. The number of benzene rings is 2. The summed E-state index contributed by atoms with van der Waals surface area (Å²) in [5.41, 5.74) is 1.70. The van der Waals surface area contributed by atoms with Crippen LogP contribution >= 0.6 is 0 Å². The van der Waals surface area contributed by atoms with Gasteiger partial charge in [-0.25, -0.2) is 9.59 Å². The monoisotopic (exact) mass is 482 g/mol. The van der Waals surface area contributed by atoms with Gasteiger partial charge in [-0.3, -0.25) is 15.1 Å². The van der Waals surface area contributed by atoms with Gasteiger partial charge in [0.1, 0.15) is 18.4 Å². The van der Waals surface area contributed by atoms with Crippen molar-refractivity contribution in [3.63, 3.8) is 0 Å². The van der Waals surface area contributed by atoms with Crippen molar-refractivity contribution in [2.45, 2.75) is 38.3 Å². The maximum absolute atomic E-state index is 12.5. The molecule has 0 saturated carbocycles. The Balaban J connectivity index is 1.44. The molecule has 0 aliphatic carbocycles. The second-order valence-corrected chi connectivity index (χ2v) is 7.89. The van der Waals surface area contributed by atoms with E-state index in [1.165, 1.54) is 0 Å². The highest BCUT2D eigenvalue weighted by Crippen LogP contribution is 2.15. The van der Waals surface area contributed by atoms with Crippen LogP contribution in [0.3, 0.4) is 0 Å². The quantitative estimate of drug-likeness (QED) is 0.298. The van der Waals surface area contributed by atoms with E-state index in [2.05, 4.69) is 20.9 Å². The number of aliphatic hydroxyl groups is 1. The molecule has 0 saturated heterocycles. The summed E-state index contributed by atoms with van der Waals surface area (Å²) in [4.78, 5) is 40.9. The number of alkyl carbamates (subject to hydrolysis) is 1. The molecule has 1 heterocycles. The molecule has 2 aromatic carbocycles. The number of aliphatic hydroxyl groups excluding tert-OH is 1. The van der Waals surface area contributed by atoms with Crippen molar-refractivity contribution in [1.29, 1.82) is 0 Å². The molecular weight excluding hydrogens is 452 g/mol. The lowest BCUT2D eigenvalue weighted by molar-refractivity contribution is -0.137. The summed E-state index contributed by atoms with van der Waals surface area (Å²) in [7, 11) is 0. The van der Waals surface area contributed by atoms with Crippen molar-refractivity contribution < 1.29 is 29.0 Å². The van der Waals surface area contributed by atoms with Crippen molar-refractivity contribution in [2.75, 3.05) is 19.7 Å². The van der Waals surface area contributed by atoms with Crippen LogP contribution in [0, 0.1) is 0 Å².